The van der Waals surface area contributed by atoms with Crippen molar-refractivity contribution in [2.45, 2.75) is 33.2 Å². The quantitative estimate of drug-likeness (QED) is 0.706. The minimum atomic E-state index is -0.965. The second kappa shape index (κ2) is 5.19. The van der Waals surface area contributed by atoms with Gasteiger partial charge in [0.1, 0.15) is 5.69 Å². The predicted molar refractivity (Wildman–Crippen MR) is 82.5 cm³/mol. The molecule has 0 spiro atoms. The van der Waals surface area contributed by atoms with E-state index in [1.54, 1.807) is 0 Å². The summed E-state index contributed by atoms with van der Waals surface area (Å²) in [7, 11) is 0. The van der Waals surface area contributed by atoms with E-state index in [9.17, 15) is 19.5 Å². The molecule has 1 saturated heterocycles. The molecule has 0 bridgehead atoms. The van der Waals surface area contributed by atoms with Crippen LogP contribution in [-0.2, 0) is 0 Å². The Labute approximate surface area is 127 Å². The number of carbonyl (C=O) groups is 1. The van der Waals surface area contributed by atoms with Crippen LogP contribution in [0.5, 0.6) is 0 Å². The number of rotatable bonds is 1. The molecule has 0 saturated carbocycles. The molecule has 1 amide bonds. The third-order valence-corrected chi connectivity index (χ3v) is 4.68. The molecule has 122 valence electrons. The van der Waals surface area contributed by atoms with Crippen molar-refractivity contribution in [1.29, 1.82) is 0 Å². The molecule has 1 aromatic rings. The number of amides is 1. The van der Waals surface area contributed by atoms with Crippen LogP contribution >= 0.6 is 0 Å². The largest absolute Gasteiger partial charge is 0.465 e. The monoisotopic (exact) mass is 310 g/mol. The fourth-order valence-electron chi connectivity index (χ4n) is 2.80. The molecule has 2 rings (SSSR count). The van der Waals surface area contributed by atoms with Crippen molar-refractivity contribution in [2.24, 2.45) is 5.41 Å². The Kier molecular flexibility index (Phi) is 3.80. The second-order valence-electron chi connectivity index (χ2n) is 6.84. The number of hydrogen-bond donors (Lipinski definition) is 3. The molecule has 3 N–H and O–H groups in total. The van der Waals surface area contributed by atoms with Crippen LogP contribution < -0.4 is 16.1 Å². The first-order valence-electron chi connectivity index (χ1n) is 7.14. The molecule has 8 nitrogen and oxygen atoms in total. The molecule has 0 aliphatic carbocycles. The van der Waals surface area contributed by atoms with Gasteiger partial charge in [-0.05, 0) is 12.3 Å². The number of carboxylic acid groups (broad SMARTS) is 1. The predicted octanol–water partition coefficient (Wildman–Crippen LogP) is 0.668. The summed E-state index contributed by atoms with van der Waals surface area (Å²) in [5.41, 5.74) is -1.67. The molecular formula is C14H22N4O4. The van der Waals surface area contributed by atoms with Gasteiger partial charge in [-0.15, -0.1) is 0 Å². The van der Waals surface area contributed by atoms with Gasteiger partial charge in [-0.3, -0.25) is 14.7 Å². The third kappa shape index (κ3) is 2.60. The van der Waals surface area contributed by atoms with E-state index in [2.05, 4.69) is 9.97 Å². The van der Waals surface area contributed by atoms with E-state index in [1.165, 1.54) is 11.1 Å². The first kappa shape index (κ1) is 16.1. The minimum Gasteiger partial charge on any atom is -0.465 e. The summed E-state index contributed by atoms with van der Waals surface area (Å²) in [6.45, 7) is 8.87. The number of piperazine rings is 1. The van der Waals surface area contributed by atoms with Gasteiger partial charge < -0.3 is 15.0 Å². The molecular weight excluding hydrogens is 288 g/mol. The fourth-order valence-corrected chi connectivity index (χ4v) is 2.80. The average molecular weight is 310 g/mol. The summed E-state index contributed by atoms with van der Waals surface area (Å²) in [6, 6.07) is 0. The topological polar surface area (TPSA) is 110 Å². The second-order valence-corrected chi connectivity index (χ2v) is 6.84. The summed E-state index contributed by atoms with van der Waals surface area (Å²) >= 11 is 0. The Bertz CT molecular complexity index is 687. The summed E-state index contributed by atoms with van der Waals surface area (Å²) in [5.74, 6) is 0. The van der Waals surface area contributed by atoms with Crippen LogP contribution in [0.25, 0.3) is 0 Å². The maximum absolute atomic E-state index is 12.0. The first-order chi connectivity index (χ1) is 10.1. The lowest BCUT2D eigenvalue weighted by atomic mass is 9.72. The van der Waals surface area contributed by atoms with Crippen molar-refractivity contribution in [1.82, 2.24) is 14.9 Å². The van der Waals surface area contributed by atoms with Crippen molar-refractivity contribution >= 4 is 11.8 Å². The highest BCUT2D eigenvalue weighted by atomic mass is 16.4. The van der Waals surface area contributed by atoms with Crippen molar-refractivity contribution < 1.29 is 9.90 Å². The normalized spacial score (nSPS) is 22.7. The Morgan fingerprint density at radius 3 is 2.45 bits per heavy atom. The Morgan fingerprint density at radius 2 is 1.95 bits per heavy atom. The lowest BCUT2D eigenvalue weighted by molar-refractivity contribution is 0.00739. The van der Waals surface area contributed by atoms with E-state index in [0.717, 1.165) is 0 Å². The van der Waals surface area contributed by atoms with Gasteiger partial charge in [0.05, 0.1) is 5.54 Å². The molecule has 1 aliphatic rings. The van der Waals surface area contributed by atoms with E-state index >= 15 is 0 Å². The van der Waals surface area contributed by atoms with Gasteiger partial charge in [0.2, 0.25) is 0 Å². The Morgan fingerprint density at radius 1 is 1.32 bits per heavy atom. The van der Waals surface area contributed by atoms with Gasteiger partial charge in [0.25, 0.3) is 5.56 Å². The van der Waals surface area contributed by atoms with Crippen LogP contribution in [0.3, 0.4) is 0 Å². The summed E-state index contributed by atoms with van der Waals surface area (Å²) in [4.78, 5) is 42.6. The molecule has 1 aromatic heterocycles. The summed E-state index contributed by atoms with van der Waals surface area (Å²) in [6.07, 6.45) is 0.410. The van der Waals surface area contributed by atoms with Crippen molar-refractivity contribution in [3.63, 3.8) is 0 Å². The van der Waals surface area contributed by atoms with Gasteiger partial charge >= 0.3 is 11.8 Å². The minimum absolute atomic E-state index is 0.293. The van der Waals surface area contributed by atoms with Gasteiger partial charge in [-0.1, -0.05) is 20.8 Å². The lowest BCUT2D eigenvalue weighted by Gasteiger charge is -2.54. The Balaban J connectivity index is 2.42. The van der Waals surface area contributed by atoms with Gasteiger partial charge in [0.15, 0.2) is 0 Å². The molecule has 1 aliphatic heterocycles. The van der Waals surface area contributed by atoms with Crippen LogP contribution in [0.4, 0.5) is 10.5 Å². The van der Waals surface area contributed by atoms with Crippen LogP contribution in [0, 0.1) is 5.41 Å². The SMILES string of the molecule is CC(C)(C)C1(C)CN(c2c[nH]c(=O)[nH]c2=O)CCN1C(=O)O. The van der Waals surface area contributed by atoms with Crippen LogP contribution in [0.15, 0.2) is 15.8 Å². The third-order valence-electron chi connectivity index (χ3n) is 4.68. The van der Waals surface area contributed by atoms with Gasteiger partial charge in [0, 0.05) is 25.8 Å². The van der Waals surface area contributed by atoms with Gasteiger partial charge in [-0.25, -0.2) is 9.59 Å². The number of aromatic nitrogens is 2. The average Bonchev–Trinajstić information content (AvgIpc) is 2.36. The highest BCUT2D eigenvalue weighted by molar-refractivity contribution is 5.67. The van der Waals surface area contributed by atoms with E-state index in [1.807, 2.05) is 32.6 Å². The van der Waals surface area contributed by atoms with Gasteiger partial charge in [-0.2, -0.15) is 0 Å². The van der Waals surface area contributed by atoms with Crippen LogP contribution in [0.1, 0.15) is 27.7 Å². The summed E-state index contributed by atoms with van der Waals surface area (Å²) < 4.78 is 0. The van der Waals surface area contributed by atoms with E-state index in [0.29, 0.717) is 25.3 Å². The smallest absolute Gasteiger partial charge is 0.407 e. The lowest BCUT2D eigenvalue weighted by Crippen LogP contribution is -2.68. The number of hydrogen-bond acceptors (Lipinski definition) is 4. The molecule has 1 unspecified atom stereocenters. The molecule has 0 radical (unpaired) electrons. The summed E-state index contributed by atoms with van der Waals surface area (Å²) in [5, 5.41) is 9.48. The van der Waals surface area contributed by atoms with E-state index in [4.69, 9.17) is 0 Å². The standard InChI is InChI=1S/C14H22N4O4/c1-13(2,3)14(4)8-17(5-6-18(14)12(21)22)9-7-15-11(20)16-10(9)19/h7H,5-6,8H2,1-4H3,(H,21,22)(H2,15,16,19,20). The molecule has 0 aromatic carbocycles. The van der Waals surface area contributed by atoms with Crippen molar-refractivity contribution in [2.75, 3.05) is 24.5 Å². The molecule has 1 atom stereocenters. The van der Waals surface area contributed by atoms with Crippen LogP contribution in [-0.4, -0.2) is 51.2 Å². The zero-order valence-corrected chi connectivity index (χ0v) is 13.3. The van der Waals surface area contributed by atoms with Crippen LogP contribution in [0.2, 0.25) is 0 Å². The number of nitrogens with one attached hydrogen (secondary N) is 2. The van der Waals surface area contributed by atoms with Crippen molar-refractivity contribution in [3.8, 4) is 0 Å². The highest BCUT2D eigenvalue weighted by Crippen LogP contribution is 2.38. The number of H-pyrrole nitrogens is 2. The number of aromatic amines is 2. The molecule has 2 heterocycles. The first-order valence-corrected chi connectivity index (χ1v) is 7.14. The molecule has 8 heteroatoms. The maximum atomic E-state index is 12.0. The van der Waals surface area contributed by atoms with Crippen molar-refractivity contribution in [3.05, 3.63) is 27.0 Å². The fraction of sp³-hybridized carbons (Fsp3) is 0.643. The molecule has 1 fully saturated rings. The number of nitrogens with zero attached hydrogens (tertiary/aromatic N) is 2. The van der Waals surface area contributed by atoms with E-state index in [-0.39, 0.29) is 5.41 Å². The maximum Gasteiger partial charge on any atom is 0.407 e. The Hall–Kier alpha value is -2.25. The van der Waals surface area contributed by atoms with E-state index < -0.39 is 22.9 Å². The molecule has 22 heavy (non-hydrogen) atoms. The zero-order valence-electron chi connectivity index (χ0n) is 13.3. The zero-order chi connectivity index (χ0) is 16.7. The highest BCUT2D eigenvalue weighted by Gasteiger charge is 2.48. The number of anilines is 1.